The second-order valence-electron chi connectivity index (χ2n) is 2.78. The first-order valence-electron chi connectivity index (χ1n) is 3.69. The van der Waals surface area contributed by atoms with Crippen LogP contribution in [-0.2, 0) is 9.03 Å². The molecular weight excluding hydrogens is 204 g/mol. The molecule has 0 saturated carbocycles. The quantitative estimate of drug-likeness (QED) is 0.423. The molecule has 0 aliphatic carbocycles. The van der Waals surface area contributed by atoms with Gasteiger partial charge in [0.1, 0.15) is 24.4 Å². The second kappa shape index (κ2) is 4.52. The van der Waals surface area contributed by atoms with Gasteiger partial charge in [-0.15, -0.1) is 0 Å². The van der Waals surface area contributed by atoms with E-state index in [0.717, 1.165) is 0 Å². The molecule has 0 aromatic carbocycles. The summed E-state index contributed by atoms with van der Waals surface area (Å²) in [6, 6.07) is 0. The largest absolute Gasteiger partial charge is 0.394 e. The standard InChI is InChI=1S/C6H11ClO6/c7-13-5-3(9)2(1-8)12-6(11)4(5)10/h2-6,8-11H,1H2/t2-,3-,4-,5+,6?/m1/s1. The summed E-state index contributed by atoms with van der Waals surface area (Å²) in [5, 5.41) is 36.3. The van der Waals surface area contributed by atoms with Crippen molar-refractivity contribution in [3.8, 4) is 0 Å². The first kappa shape index (κ1) is 11.1. The zero-order valence-corrected chi connectivity index (χ0v) is 7.33. The van der Waals surface area contributed by atoms with E-state index in [1.54, 1.807) is 0 Å². The van der Waals surface area contributed by atoms with E-state index in [1.807, 2.05) is 0 Å². The van der Waals surface area contributed by atoms with Crippen LogP contribution in [0.4, 0.5) is 0 Å². The second-order valence-corrected chi connectivity index (χ2v) is 2.96. The van der Waals surface area contributed by atoms with Crippen LogP contribution in [0.1, 0.15) is 0 Å². The maximum absolute atomic E-state index is 9.35. The molecule has 0 spiro atoms. The molecule has 1 unspecified atom stereocenters. The molecule has 0 aromatic rings. The van der Waals surface area contributed by atoms with E-state index in [1.165, 1.54) is 0 Å². The third-order valence-corrected chi connectivity index (χ3v) is 2.15. The summed E-state index contributed by atoms with van der Waals surface area (Å²) < 4.78 is 8.90. The average molecular weight is 215 g/mol. The molecule has 7 heteroatoms. The zero-order valence-electron chi connectivity index (χ0n) is 6.58. The van der Waals surface area contributed by atoms with Gasteiger partial charge in [-0.05, 0) is 0 Å². The molecule has 78 valence electrons. The van der Waals surface area contributed by atoms with Crippen molar-refractivity contribution in [2.75, 3.05) is 6.61 Å². The molecular formula is C6H11ClO6. The predicted molar refractivity (Wildman–Crippen MR) is 40.7 cm³/mol. The number of ether oxygens (including phenoxy) is 1. The molecule has 13 heavy (non-hydrogen) atoms. The summed E-state index contributed by atoms with van der Waals surface area (Å²) >= 11 is 4.99. The molecule has 1 fully saturated rings. The van der Waals surface area contributed by atoms with Gasteiger partial charge in [0.25, 0.3) is 0 Å². The molecule has 1 rings (SSSR count). The van der Waals surface area contributed by atoms with Gasteiger partial charge in [-0.25, -0.2) is 0 Å². The Hall–Kier alpha value is 0.0500. The topological polar surface area (TPSA) is 99.4 Å². The minimum atomic E-state index is -1.52. The Morgan fingerprint density at radius 2 is 1.85 bits per heavy atom. The van der Waals surface area contributed by atoms with Crippen LogP contribution in [0.3, 0.4) is 0 Å². The van der Waals surface area contributed by atoms with Gasteiger partial charge in [0.05, 0.1) is 18.5 Å². The van der Waals surface area contributed by atoms with Gasteiger partial charge < -0.3 is 25.2 Å². The average Bonchev–Trinajstić information content (AvgIpc) is 2.12. The van der Waals surface area contributed by atoms with Crippen LogP contribution in [0.25, 0.3) is 0 Å². The molecule has 4 N–H and O–H groups in total. The van der Waals surface area contributed by atoms with E-state index in [0.29, 0.717) is 0 Å². The van der Waals surface area contributed by atoms with Crippen LogP contribution in [-0.4, -0.2) is 57.7 Å². The summed E-state index contributed by atoms with van der Waals surface area (Å²) in [5.74, 6) is 0. The number of halogens is 1. The summed E-state index contributed by atoms with van der Waals surface area (Å²) in [4.78, 5) is 0. The maximum atomic E-state index is 9.35. The van der Waals surface area contributed by atoms with Gasteiger partial charge in [-0.3, -0.25) is 4.29 Å². The molecule has 1 aliphatic rings. The Morgan fingerprint density at radius 3 is 2.31 bits per heavy atom. The SMILES string of the molecule is OC[C@H]1OC(O)[C@H](O)[C@@H](OCl)[C@@H]1O. The van der Waals surface area contributed by atoms with Crippen molar-refractivity contribution in [2.45, 2.75) is 30.7 Å². The number of aliphatic hydroxyl groups excluding tert-OH is 4. The monoisotopic (exact) mass is 214 g/mol. The van der Waals surface area contributed by atoms with Gasteiger partial charge in [0.2, 0.25) is 0 Å². The lowest BCUT2D eigenvalue weighted by Crippen LogP contribution is -2.58. The van der Waals surface area contributed by atoms with Crippen LogP contribution >= 0.6 is 11.9 Å². The van der Waals surface area contributed by atoms with Crippen molar-refractivity contribution in [1.82, 2.24) is 0 Å². The van der Waals surface area contributed by atoms with E-state index >= 15 is 0 Å². The smallest absolute Gasteiger partial charge is 0.184 e. The maximum Gasteiger partial charge on any atom is 0.184 e. The summed E-state index contributed by atoms with van der Waals surface area (Å²) in [5.41, 5.74) is 0. The lowest BCUT2D eigenvalue weighted by atomic mass is 9.99. The van der Waals surface area contributed by atoms with Gasteiger partial charge >= 0.3 is 0 Å². The van der Waals surface area contributed by atoms with Crippen molar-refractivity contribution >= 4 is 11.9 Å². The lowest BCUT2D eigenvalue weighted by molar-refractivity contribution is -0.281. The zero-order chi connectivity index (χ0) is 10.0. The van der Waals surface area contributed by atoms with Crippen LogP contribution in [0.15, 0.2) is 0 Å². The molecule has 1 heterocycles. The molecule has 1 saturated heterocycles. The first-order valence-corrected chi connectivity index (χ1v) is 4.00. The van der Waals surface area contributed by atoms with Gasteiger partial charge in [0, 0.05) is 0 Å². The Morgan fingerprint density at radius 1 is 1.23 bits per heavy atom. The molecule has 6 nitrogen and oxygen atoms in total. The van der Waals surface area contributed by atoms with Crippen LogP contribution < -0.4 is 0 Å². The fourth-order valence-electron chi connectivity index (χ4n) is 1.17. The highest BCUT2D eigenvalue weighted by molar-refractivity contribution is 6.07. The fraction of sp³-hybridized carbons (Fsp3) is 1.00. The van der Waals surface area contributed by atoms with E-state index in [-0.39, 0.29) is 0 Å². The molecule has 5 atom stereocenters. The number of aliphatic hydroxyl groups is 4. The van der Waals surface area contributed by atoms with Crippen molar-refractivity contribution < 1.29 is 29.5 Å². The third-order valence-electron chi connectivity index (χ3n) is 1.94. The fourth-order valence-corrected chi connectivity index (χ4v) is 1.38. The molecule has 0 aromatic heterocycles. The Kier molecular flexibility index (Phi) is 3.87. The lowest BCUT2D eigenvalue weighted by Gasteiger charge is -2.38. The normalized spacial score (nSPS) is 46.4. The highest BCUT2D eigenvalue weighted by Crippen LogP contribution is 2.22. The van der Waals surface area contributed by atoms with Gasteiger partial charge in [-0.2, -0.15) is 0 Å². The first-order chi connectivity index (χ1) is 6.11. The van der Waals surface area contributed by atoms with Crippen LogP contribution in [0, 0.1) is 0 Å². The summed E-state index contributed by atoms with van der Waals surface area (Å²) in [7, 11) is 0. The van der Waals surface area contributed by atoms with Crippen LogP contribution in [0.2, 0.25) is 0 Å². The highest BCUT2D eigenvalue weighted by Gasteiger charge is 2.44. The van der Waals surface area contributed by atoms with Gasteiger partial charge in [0.15, 0.2) is 6.29 Å². The summed E-state index contributed by atoms with van der Waals surface area (Å²) in [6.45, 7) is -0.498. The Balaban J connectivity index is 2.69. The number of hydrogen-bond donors (Lipinski definition) is 4. The number of rotatable bonds is 2. The van der Waals surface area contributed by atoms with Crippen LogP contribution in [0.5, 0.6) is 0 Å². The van der Waals surface area contributed by atoms with Crippen molar-refractivity contribution in [1.29, 1.82) is 0 Å². The van der Waals surface area contributed by atoms with Gasteiger partial charge in [-0.1, -0.05) is 0 Å². The predicted octanol–water partition coefficient (Wildman–Crippen LogP) is -2.04. The van der Waals surface area contributed by atoms with E-state index in [9.17, 15) is 10.2 Å². The molecule has 0 radical (unpaired) electrons. The third kappa shape index (κ3) is 2.10. The number of hydrogen-bond acceptors (Lipinski definition) is 6. The van der Waals surface area contributed by atoms with Crippen molar-refractivity contribution in [2.24, 2.45) is 0 Å². The minimum Gasteiger partial charge on any atom is -0.394 e. The van der Waals surface area contributed by atoms with E-state index in [2.05, 4.69) is 9.03 Å². The highest BCUT2D eigenvalue weighted by atomic mass is 35.5. The van der Waals surface area contributed by atoms with E-state index < -0.39 is 37.3 Å². The van der Waals surface area contributed by atoms with E-state index in [4.69, 9.17) is 22.1 Å². The minimum absolute atomic E-state index is 0.498. The summed E-state index contributed by atoms with van der Waals surface area (Å²) in [6.07, 6.45) is -6.43. The molecule has 0 bridgehead atoms. The van der Waals surface area contributed by atoms with Crippen molar-refractivity contribution in [3.63, 3.8) is 0 Å². The molecule has 0 amide bonds. The molecule has 1 aliphatic heterocycles. The van der Waals surface area contributed by atoms with Crippen molar-refractivity contribution in [3.05, 3.63) is 0 Å². The Labute approximate surface area is 79.4 Å². The Bertz CT molecular complexity index is 167.